The van der Waals surface area contributed by atoms with Crippen LogP contribution < -0.4 is 16.0 Å². The molecule has 2 aromatic rings. The minimum absolute atomic E-state index is 0.0352. The van der Waals surface area contributed by atoms with Gasteiger partial charge >= 0.3 is 6.09 Å². The second kappa shape index (κ2) is 10.9. The lowest BCUT2D eigenvalue weighted by molar-refractivity contribution is -0.115. The molecule has 0 unspecified atom stereocenters. The van der Waals surface area contributed by atoms with Gasteiger partial charge in [-0.05, 0) is 51.8 Å². The van der Waals surface area contributed by atoms with E-state index in [-0.39, 0.29) is 30.9 Å². The minimum atomic E-state index is -0.626. The van der Waals surface area contributed by atoms with E-state index in [2.05, 4.69) is 37.8 Å². The van der Waals surface area contributed by atoms with Gasteiger partial charge in [0.25, 0.3) is 5.91 Å². The number of ether oxygens (including phenoxy) is 1. The van der Waals surface area contributed by atoms with Gasteiger partial charge in [0.05, 0.1) is 17.8 Å². The quantitative estimate of drug-likeness (QED) is 0.497. The Morgan fingerprint density at radius 3 is 2.66 bits per heavy atom. The summed E-state index contributed by atoms with van der Waals surface area (Å²) < 4.78 is 5.10. The van der Waals surface area contributed by atoms with Gasteiger partial charge in [-0.3, -0.25) is 14.9 Å². The highest BCUT2D eigenvalue weighted by Gasteiger charge is 2.18. The monoisotopic (exact) mass is 439 g/mol. The normalized spacial score (nSPS) is 12.4. The van der Waals surface area contributed by atoms with Crippen LogP contribution in [0.4, 0.5) is 16.4 Å². The molecule has 3 amide bonds. The van der Waals surface area contributed by atoms with Crippen LogP contribution in [0.3, 0.4) is 0 Å². The smallest absolute Gasteiger partial charge is 0.414 e. The van der Waals surface area contributed by atoms with Gasteiger partial charge in [0.1, 0.15) is 17.9 Å². The molecular formula is C22H25N5O5. The summed E-state index contributed by atoms with van der Waals surface area (Å²) in [5, 5.41) is 16.2. The van der Waals surface area contributed by atoms with E-state index in [1.54, 1.807) is 58.0 Å². The second-order valence-corrected chi connectivity index (χ2v) is 7.58. The van der Waals surface area contributed by atoms with Crippen LogP contribution in [-0.4, -0.2) is 51.7 Å². The summed E-state index contributed by atoms with van der Waals surface area (Å²) in [5.41, 5.74) is 1.57. The number of fused-ring (bicyclic) bond motifs is 1. The first-order valence-corrected chi connectivity index (χ1v) is 9.70. The number of benzene rings is 1. The number of hydrogen-bond donors (Lipinski definition) is 4. The molecule has 2 heterocycles. The first kappa shape index (κ1) is 24.3. The van der Waals surface area contributed by atoms with Crippen molar-refractivity contribution in [2.24, 2.45) is 0 Å². The maximum absolute atomic E-state index is 11.6. The summed E-state index contributed by atoms with van der Waals surface area (Å²) in [5.74, 6) is 4.85. The third-order valence-corrected chi connectivity index (χ3v) is 3.62. The SMILES string of the molecule is Cc1cc(C#CCO)nc(NC(=O)OC(C)(C)C)n1.O=C1CNC(=O)c2ccccc2N1. The number of para-hydroxylation sites is 1. The molecule has 0 fully saturated rings. The maximum atomic E-state index is 11.6. The predicted octanol–water partition coefficient (Wildman–Crippen LogP) is 1.84. The van der Waals surface area contributed by atoms with Gasteiger partial charge in [0.2, 0.25) is 11.9 Å². The Balaban J connectivity index is 0.000000242. The number of carbonyl (C=O) groups excluding carboxylic acids is 3. The number of rotatable bonds is 1. The summed E-state index contributed by atoms with van der Waals surface area (Å²) in [6, 6.07) is 8.57. The Labute approximate surface area is 185 Å². The molecule has 0 spiro atoms. The van der Waals surface area contributed by atoms with E-state index in [1.165, 1.54) is 0 Å². The van der Waals surface area contributed by atoms with E-state index in [0.717, 1.165) is 0 Å². The number of aliphatic hydroxyl groups is 1. The van der Waals surface area contributed by atoms with Crippen molar-refractivity contribution >= 4 is 29.5 Å². The molecule has 1 aliphatic rings. The number of carbonyl (C=O) groups is 3. The zero-order chi connectivity index (χ0) is 23.7. The molecule has 4 N–H and O–H groups in total. The van der Waals surface area contributed by atoms with Crippen LogP contribution >= 0.6 is 0 Å². The highest BCUT2D eigenvalue weighted by Crippen LogP contribution is 2.16. The number of nitrogens with zero attached hydrogens (tertiary/aromatic N) is 2. The van der Waals surface area contributed by atoms with Crippen LogP contribution in [0.15, 0.2) is 30.3 Å². The molecule has 0 saturated heterocycles. The molecule has 3 rings (SSSR count). The molecule has 0 saturated carbocycles. The lowest BCUT2D eigenvalue weighted by Gasteiger charge is -2.19. The molecule has 0 bridgehead atoms. The Hall–Kier alpha value is -3.97. The number of aryl methyl sites for hydroxylation is 1. The van der Waals surface area contributed by atoms with E-state index >= 15 is 0 Å². The lowest BCUT2D eigenvalue weighted by atomic mass is 10.2. The molecule has 168 valence electrons. The van der Waals surface area contributed by atoms with E-state index in [0.29, 0.717) is 22.6 Å². The van der Waals surface area contributed by atoms with Crippen molar-refractivity contribution in [2.45, 2.75) is 33.3 Å². The molecule has 1 aromatic carbocycles. The molecule has 0 radical (unpaired) electrons. The summed E-state index contributed by atoms with van der Waals surface area (Å²) in [6.07, 6.45) is -0.626. The van der Waals surface area contributed by atoms with E-state index in [4.69, 9.17) is 9.84 Å². The number of amides is 3. The van der Waals surface area contributed by atoms with Crippen molar-refractivity contribution in [1.82, 2.24) is 15.3 Å². The van der Waals surface area contributed by atoms with Gasteiger partial charge in [-0.25, -0.2) is 14.8 Å². The zero-order valence-electron chi connectivity index (χ0n) is 18.3. The van der Waals surface area contributed by atoms with Crippen molar-refractivity contribution in [2.75, 3.05) is 23.8 Å². The standard InChI is InChI=1S/C13H17N3O3.C9H8N2O2/c1-9-8-10(6-5-7-17)15-11(14-9)16-12(18)19-13(2,3)4;12-8-5-10-9(13)6-3-1-2-4-7(6)11-8/h8,17H,7H2,1-4H3,(H,14,15,16,18);1-4H,5H2,(H,10,13)(H,11,12). The Kier molecular flexibility index (Phi) is 8.26. The van der Waals surface area contributed by atoms with Gasteiger partial charge < -0.3 is 20.5 Å². The van der Waals surface area contributed by atoms with Crippen LogP contribution in [0.25, 0.3) is 0 Å². The van der Waals surface area contributed by atoms with Gasteiger partial charge in [0, 0.05) is 5.69 Å². The number of hydrogen-bond acceptors (Lipinski definition) is 7. The van der Waals surface area contributed by atoms with Crippen molar-refractivity contribution in [3.8, 4) is 11.8 Å². The predicted molar refractivity (Wildman–Crippen MR) is 118 cm³/mol. The van der Waals surface area contributed by atoms with Crippen molar-refractivity contribution in [1.29, 1.82) is 0 Å². The number of aliphatic hydroxyl groups excluding tert-OH is 1. The molecule has 1 aliphatic heterocycles. The van der Waals surface area contributed by atoms with Crippen LogP contribution in [0.2, 0.25) is 0 Å². The third kappa shape index (κ3) is 8.04. The van der Waals surface area contributed by atoms with Crippen LogP contribution in [-0.2, 0) is 9.53 Å². The summed E-state index contributed by atoms with van der Waals surface area (Å²) in [6.45, 7) is 6.84. The third-order valence-electron chi connectivity index (χ3n) is 3.62. The molecule has 10 heteroatoms. The van der Waals surface area contributed by atoms with Gasteiger partial charge in [-0.1, -0.05) is 18.1 Å². The number of anilines is 2. The largest absolute Gasteiger partial charge is 0.444 e. The molecule has 32 heavy (non-hydrogen) atoms. The van der Waals surface area contributed by atoms with Gasteiger partial charge in [0.15, 0.2) is 0 Å². The first-order valence-electron chi connectivity index (χ1n) is 9.70. The van der Waals surface area contributed by atoms with Crippen molar-refractivity contribution in [3.63, 3.8) is 0 Å². The fourth-order valence-electron chi connectivity index (χ4n) is 2.45. The first-order chi connectivity index (χ1) is 15.1. The Morgan fingerprint density at radius 1 is 1.25 bits per heavy atom. The average Bonchev–Trinajstić information content (AvgIpc) is 2.83. The topological polar surface area (TPSA) is 143 Å². The summed E-state index contributed by atoms with van der Waals surface area (Å²) >= 11 is 0. The molecular weight excluding hydrogens is 414 g/mol. The highest BCUT2D eigenvalue weighted by atomic mass is 16.6. The Morgan fingerprint density at radius 2 is 1.97 bits per heavy atom. The molecule has 10 nitrogen and oxygen atoms in total. The second-order valence-electron chi connectivity index (χ2n) is 7.58. The Bertz CT molecular complexity index is 1070. The number of aromatic nitrogens is 2. The average molecular weight is 439 g/mol. The lowest BCUT2D eigenvalue weighted by Crippen LogP contribution is -2.28. The minimum Gasteiger partial charge on any atom is -0.444 e. The molecule has 0 atom stereocenters. The summed E-state index contributed by atoms with van der Waals surface area (Å²) in [4.78, 5) is 42.1. The fourth-order valence-corrected chi connectivity index (χ4v) is 2.45. The van der Waals surface area contributed by atoms with E-state index < -0.39 is 11.7 Å². The fraction of sp³-hybridized carbons (Fsp3) is 0.318. The van der Waals surface area contributed by atoms with Crippen molar-refractivity contribution < 1.29 is 24.2 Å². The summed E-state index contributed by atoms with van der Waals surface area (Å²) in [7, 11) is 0. The van der Waals surface area contributed by atoms with Gasteiger partial charge in [-0.2, -0.15) is 0 Å². The van der Waals surface area contributed by atoms with E-state index in [1.807, 2.05) is 0 Å². The van der Waals surface area contributed by atoms with Crippen LogP contribution in [0.5, 0.6) is 0 Å². The molecule has 1 aromatic heterocycles. The van der Waals surface area contributed by atoms with Crippen LogP contribution in [0, 0.1) is 18.8 Å². The van der Waals surface area contributed by atoms with E-state index in [9.17, 15) is 14.4 Å². The van der Waals surface area contributed by atoms with Crippen LogP contribution in [0.1, 0.15) is 42.5 Å². The maximum Gasteiger partial charge on any atom is 0.414 e. The van der Waals surface area contributed by atoms with Gasteiger partial charge in [-0.15, -0.1) is 0 Å². The van der Waals surface area contributed by atoms with Crippen molar-refractivity contribution in [3.05, 3.63) is 47.3 Å². The number of nitrogens with one attached hydrogen (secondary N) is 3. The molecule has 0 aliphatic carbocycles. The highest BCUT2D eigenvalue weighted by molar-refractivity contribution is 6.08. The zero-order valence-corrected chi connectivity index (χ0v) is 18.3.